The summed E-state index contributed by atoms with van der Waals surface area (Å²) in [5, 5.41) is 5.81. The third-order valence-corrected chi connectivity index (χ3v) is 7.44. The van der Waals surface area contributed by atoms with Gasteiger partial charge >= 0.3 is 6.09 Å². The van der Waals surface area contributed by atoms with Crippen molar-refractivity contribution in [1.29, 1.82) is 0 Å². The Labute approximate surface area is 220 Å². The van der Waals surface area contributed by atoms with Crippen molar-refractivity contribution in [3.63, 3.8) is 0 Å². The first kappa shape index (κ1) is 24.7. The van der Waals surface area contributed by atoms with Gasteiger partial charge in [0.1, 0.15) is 17.5 Å². The van der Waals surface area contributed by atoms with Gasteiger partial charge in [0, 0.05) is 37.2 Å². The number of amides is 1. The summed E-state index contributed by atoms with van der Waals surface area (Å²) >= 11 is 0. The quantitative estimate of drug-likeness (QED) is 0.415. The molecule has 38 heavy (non-hydrogen) atoms. The van der Waals surface area contributed by atoms with E-state index >= 15 is 0 Å². The third kappa shape index (κ3) is 4.57. The summed E-state index contributed by atoms with van der Waals surface area (Å²) in [5.41, 5.74) is 3.53. The van der Waals surface area contributed by atoms with E-state index in [4.69, 9.17) is 14.6 Å². The van der Waals surface area contributed by atoms with Crippen molar-refractivity contribution < 1.29 is 14.3 Å². The van der Waals surface area contributed by atoms with Crippen molar-refractivity contribution >= 4 is 22.6 Å². The van der Waals surface area contributed by atoms with Crippen LogP contribution in [0.15, 0.2) is 41.6 Å². The van der Waals surface area contributed by atoms with E-state index in [1.54, 1.807) is 11.0 Å². The van der Waals surface area contributed by atoms with Crippen LogP contribution in [0.4, 0.5) is 4.79 Å². The van der Waals surface area contributed by atoms with E-state index in [-0.39, 0.29) is 23.8 Å². The highest BCUT2D eigenvalue weighted by atomic mass is 16.6. The molecular weight excluding hydrogens is 484 g/mol. The minimum absolute atomic E-state index is 0.0527. The molecule has 10 heteroatoms. The molecule has 2 fully saturated rings. The van der Waals surface area contributed by atoms with Crippen LogP contribution >= 0.6 is 0 Å². The van der Waals surface area contributed by atoms with E-state index in [2.05, 4.69) is 14.5 Å². The minimum Gasteiger partial charge on any atom is -0.444 e. The number of hydrogen-bond acceptors (Lipinski definition) is 6. The molecule has 4 aromatic rings. The summed E-state index contributed by atoms with van der Waals surface area (Å²) in [5.74, 6) is 0.0948. The maximum atomic E-state index is 12.9. The van der Waals surface area contributed by atoms with Crippen LogP contribution in [0.25, 0.3) is 27.8 Å². The summed E-state index contributed by atoms with van der Waals surface area (Å²) in [7, 11) is 0. The lowest BCUT2D eigenvalue weighted by atomic mass is 9.93. The van der Waals surface area contributed by atoms with Gasteiger partial charge in [0.05, 0.1) is 34.8 Å². The second-order valence-corrected chi connectivity index (χ2v) is 11.3. The Hall–Kier alpha value is -3.66. The van der Waals surface area contributed by atoms with Gasteiger partial charge in [-0.25, -0.2) is 14.3 Å². The monoisotopic (exact) mass is 518 g/mol. The first-order chi connectivity index (χ1) is 18.3. The number of imidazole rings is 1. The molecule has 3 aromatic heterocycles. The normalized spacial score (nSPS) is 19.3. The molecule has 0 spiro atoms. The van der Waals surface area contributed by atoms with Crippen molar-refractivity contribution in [2.24, 2.45) is 0 Å². The fourth-order valence-electron chi connectivity index (χ4n) is 5.66. The molecule has 0 aliphatic carbocycles. The molecule has 1 atom stereocenters. The molecule has 1 unspecified atom stereocenters. The molecule has 1 N–H and O–H groups in total. The van der Waals surface area contributed by atoms with E-state index in [0.29, 0.717) is 18.7 Å². The summed E-state index contributed by atoms with van der Waals surface area (Å²) in [6.07, 6.45) is 7.92. The molecule has 1 aromatic carbocycles. The number of fused-ring (bicyclic) bond motifs is 3. The Bertz CT molecular complexity index is 1530. The molecule has 200 valence electrons. The van der Waals surface area contributed by atoms with Crippen LogP contribution in [0.3, 0.4) is 0 Å². The number of carbonyl (C=O) groups is 1. The van der Waals surface area contributed by atoms with E-state index in [1.807, 2.05) is 56.0 Å². The van der Waals surface area contributed by atoms with Crippen LogP contribution < -0.4 is 5.56 Å². The number of carbonyl (C=O) groups excluding carboxylic acids is 1. The number of nitrogens with one attached hydrogen (secondary N) is 1. The summed E-state index contributed by atoms with van der Waals surface area (Å²) in [4.78, 5) is 34.7. The number of likely N-dealkylation sites (tertiary alicyclic amines) is 1. The summed E-state index contributed by atoms with van der Waals surface area (Å²) < 4.78 is 15.6. The van der Waals surface area contributed by atoms with Gasteiger partial charge in [0.25, 0.3) is 5.56 Å². The average molecular weight is 519 g/mol. The van der Waals surface area contributed by atoms with Crippen molar-refractivity contribution in [2.45, 2.75) is 70.6 Å². The second kappa shape index (κ2) is 9.58. The molecule has 0 radical (unpaired) electrons. The van der Waals surface area contributed by atoms with Gasteiger partial charge in [-0.05, 0) is 58.9 Å². The summed E-state index contributed by atoms with van der Waals surface area (Å²) in [6.45, 7) is 7.50. The number of aromatic amines is 1. The second-order valence-electron chi connectivity index (χ2n) is 11.3. The smallest absolute Gasteiger partial charge is 0.410 e. The molecular formula is C28H34N6O4. The van der Waals surface area contributed by atoms with Gasteiger partial charge in [0.15, 0.2) is 0 Å². The van der Waals surface area contributed by atoms with Crippen molar-refractivity contribution in [3.05, 3.63) is 52.8 Å². The first-order valence-electron chi connectivity index (χ1n) is 13.4. The van der Waals surface area contributed by atoms with Crippen LogP contribution in [0, 0.1) is 0 Å². The zero-order valence-corrected chi connectivity index (χ0v) is 22.1. The number of ether oxygens (including phenoxy) is 2. The predicted octanol–water partition coefficient (Wildman–Crippen LogP) is 4.85. The topological polar surface area (TPSA) is 107 Å². The van der Waals surface area contributed by atoms with Crippen LogP contribution in [0.5, 0.6) is 0 Å². The number of piperidine rings is 1. The average Bonchev–Trinajstić information content (AvgIpc) is 3.53. The minimum atomic E-state index is -0.530. The summed E-state index contributed by atoms with van der Waals surface area (Å²) in [6, 6.07) is 7.65. The Balaban J connectivity index is 1.37. The highest BCUT2D eigenvalue weighted by Gasteiger charge is 2.30. The predicted molar refractivity (Wildman–Crippen MR) is 143 cm³/mol. The number of benzene rings is 1. The van der Waals surface area contributed by atoms with Gasteiger partial charge in [-0.1, -0.05) is 12.1 Å². The Morgan fingerprint density at radius 2 is 1.97 bits per heavy atom. The molecule has 2 saturated heterocycles. The first-order valence-corrected chi connectivity index (χ1v) is 13.4. The number of rotatable bonds is 3. The highest BCUT2D eigenvalue weighted by Crippen LogP contribution is 2.36. The maximum Gasteiger partial charge on any atom is 0.410 e. The lowest BCUT2D eigenvalue weighted by molar-refractivity contribution is -0.0310. The maximum absolute atomic E-state index is 12.9. The van der Waals surface area contributed by atoms with Gasteiger partial charge in [-0.15, -0.1) is 0 Å². The van der Waals surface area contributed by atoms with E-state index in [1.165, 1.54) is 0 Å². The van der Waals surface area contributed by atoms with Crippen molar-refractivity contribution in [3.8, 4) is 11.3 Å². The SMILES string of the molecule is CC(C)(C)OC(=O)N1CCC(c2cc(=O)[nH]c3c4c(-c5cncn5C5CCCCO5)cccc4nn23)CC1. The zero-order chi connectivity index (χ0) is 26.4. The van der Waals surface area contributed by atoms with E-state index < -0.39 is 5.60 Å². The number of hydrogen-bond donors (Lipinski definition) is 1. The van der Waals surface area contributed by atoms with E-state index in [9.17, 15) is 9.59 Å². The largest absolute Gasteiger partial charge is 0.444 e. The highest BCUT2D eigenvalue weighted by molar-refractivity contribution is 6.03. The lowest BCUT2D eigenvalue weighted by Gasteiger charge is -2.33. The van der Waals surface area contributed by atoms with E-state index in [0.717, 1.165) is 66.6 Å². The van der Waals surface area contributed by atoms with Crippen LogP contribution in [-0.4, -0.2) is 60.4 Å². The van der Waals surface area contributed by atoms with Gasteiger partial charge in [-0.2, -0.15) is 5.10 Å². The number of nitrogens with zero attached hydrogens (tertiary/aromatic N) is 5. The molecule has 2 aliphatic rings. The van der Waals surface area contributed by atoms with Crippen LogP contribution in [0.2, 0.25) is 0 Å². The fraction of sp³-hybridized carbons (Fsp3) is 0.500. The molecule has 10 nitrogen and oxygen atoms in total. The molecule has 2 aliphatic heterocycles. The van der Waals surface area contributed by atoms with Crippen molar-refractivity contribution in [2.75, 3.05) is 19.7 Å². The standard InChI is InChI=1S/C28H34N6O4/c1-28(2,3)38-27(36)32-12-10-18(11-13-32)21-15-23(35)30-26-25-19(7-6-8-20(25)31-34(21)26)22-16-29-17-33(22)24-9-4-5-14-37-24/h6-8,15-18,24H,4-5,9-14H2,1-3H3,(H,30,35). The third-order valence-electron chi connectivity index (χ3n) is 7.44. The Kier molecular flexibility index (Phi) is 6.22. The van der Waals surface area contributed by atoms with Gasteiger partial charge < -0.3 is 23.9 Å². The number of H-pyrrole nitrogens is 1. The fourth-order valence-corrected chi connectivity index (χ4v) is 5.66. The molecule has 1 amide bonds. The van der Waals surface area contributed by atoms with Crippen molar-refractivity contribution in [1.82, 2.24) is 29.0 Å². The molecule has 5 heterocycles. The molecule has 0 bridgehead atoms. The lowest BCUT2D eigenvalue weighted by Crippen LogP contribution is -2.41. The molecule has 0 saturated carbocycles. The van der Waals surface area contributed by atoms with Gasteiger partial charge in [0.2, 0.25) is 0 Å². The molecule has 6 rings (SSSR count). The van der Waals surface area contributed by atoms with Gasteiger partial charge in [-0.3, -0.25) is 4.79 Å². The zero-order valence-electron chi connectivity index (χ0n) is 22.1. The number of aromatic nitrogens is 5. The van der Waals surface area contributed by atoms with Crippen LogP contribution in [-0.2, 0) is 9.47 Å². The Morgan fingerprint density at radius 1 is 1.16 bits per heavy atom. The Morgan fingerprint density at radius 3 is 2.71 bits per heavy atom. The van der Waals surface area contributed by atoms with Crippen LogP contribution in [0.1, 0.15) is 70.7 Å².